The van der Waals surface area contributed by atoms with E-state index in [4.69, 9.17) is 18.7 Å². The Kier molecular flexibility index (Phi) is 4.73. The van der Waals surface area contributed by atoms with Crippen LogP contribution in [0.3, 0.4) is 0 Å². The summed E-state index contributed by atoms with van der Waals surface area (Å²) in [6, 6.07) is 15.0. The van der Waals surface area contributed by atoms with Crippen LogP contribution in [0.2, 0.25) is 0 Å². The molecule has 1 heterocycles. The molecule has 7 heteroatoms. The average Bonchev–Trinajstić information content (AvgIpc) is 3.44. The lowest BCUT2D eigenvalue weighted by Gasteiger charge is -2.13. The molecular formula is C21H20N2O5. The van der Waals surface area contributed by atoms with Crippen LogP contribution in [-0.4, -0.2) is 30.3 Å². The van der Waals surface area contributed by atoms with Gasteiger partial charge >= 0.3 is 5.97 Å². The van der Waals surface area contributed by atoms with Crippen molar-refractivity contribution in [3.63, 3.8) is 0 Å². The number of ether oxygens (including phenoxy) is 3. The number of benzene rings is 2. The number of methoxy groups -OCH3 is 2. The Morgan fingerprint density at radius 1 is 1.11 bits per heavy atom. The maximum absolute atomic E-state index is 12.6. The van der Waals surface area contributed by atoms with Gasteiger partial charge < -0.3 is 18.7 Å². The van der Waals surface area contributed by atoms with Gasteiger partial charge in [-0.15, -0.1) is 0 Å². The highest BCUT2D eigenvalue weighted by Gasteiger charge is 2.52. The summed E-state index contributed by atoms with van der Waals surface area (Å²) in [5.41, 5.74) is 1.10. The van der Waals surface area contributed by atoms with Crippen LogP contribution in [0.15, 0.2) is 53.1 Å². The van der Waals surface area contributed by atoms with Gasteiger partial charge in [0.1, 0.15) is 11.5 Å². The summed E-state index contributed by atoms with van der Waals surface area (Å²) in [6.07, 6.45) is 1.57. The van der Waals surface area contributed by atoms with Crippen LogP contribution in [0.4, 0.5) is 0 Å². The predicted molar refractivity (Wildman–Crippen MR) is 100.0 cm³/mol. The lowest BCUT2D eigenvalue weighted by Crippen LogP contribution is -2.23. The van der Waals surface area contributed by atoms with Gasteiger partial charge in [0.05, 0.1) is 25.2 Å². The van der Waals surface area contributed by atoms with Crippen molar-refractivity contribution in [2.45, 2.75) is 24.9 Å². The Morgan fingerprint density at radius 3 is 2.57 bits per heavy atom. The zero-order valence-corrected chi connectivity index (χ0v) is 15.7. The van der Waals surface area contributed by atoms with Gasteiger partial charge in [0.25, 0.3) is 5.89 Å². The first-order valence-electron chi connectivity index (χ1n) is 8.94. The molecule has 1 fully saturated rings. The van der Waals surface area contributed by atoms with Crippen LogP contribution in [0, 0.1) is 0 Å². The molecule has 0 atom stereocenters. The fourth-order valence-corrected chi connectivity index (χ4v) is 3.16. The smallest absolute Gasteiger partial charge is 0.317 e. The maximum atomic E-state index is 12.6. The summed E-state index contributed by atoms with van der Waals surface area (Å²) in [6.45, 7) is -0.0705. The lowest BCUT2D eigenvalue weighted by molar-refractivity contribution is -0.148. The highest BCUT2D eigenvalue weighted by atomic mass is 16.6. The van der Waals surface area contributed by atoms with E-state index in [0.29, 0.717) is 22.9 Å². The number of hydrogen-bond donors (Lipinski definition) is 0. The molecule has 0 spiro atoms. The Labute approximate surface area is 162 Å². The summed E-state index contributed by atoms with van der Waals surface area (Å²) in [7, 11) is 3.14. The predicted octanol–water partition coefficient (Wildman–Crippen LogP) is 3.53. The molecule has 3 aromatic rings. The average molecular weight is 380 g/mol. The number of aromatic nitrogens is 2. The summed E-state index contributed by atoms with van der Waals surface area (Å²) in [5, 5.41) is 3.97. The van der Waals surface area contributed by atoms with Crippen LogP contribution in [-0.2, 0) is 21.6 Å². The Bertz CT molecular complexity index is 979. The molecular weight excluding hydrogens is 360 g/mol. The molecule has 1 aliphatic rings. The molecule has 0 amide bonds. The summed E-state index contributed by atoms with van der Waals surface area (Å²) in [5.74, 6) is 1.54. The van der Waals surface area contributed by atoms with Gasteiger partial charge in [-0.05, 0) is 30.5 Å². The Balaban J connectivity index is 1.45. The van der Waals surface area contributed by atoms with Gasteiger partial charge in [-0.3, -0.25) is 4.79 Å². The molecule has 1 aliphatic carbocycles. The standard InChI is InChI=1S/C21H20N2O5/c1-25-15-8-9-16(17(12-15)26-2)19-22-18(28-23-19)13-27-20(24)21(10-11-21)14-6-4-3-5-7-14/h3-9,12H,10-11,13H2,1-2H3. The van der Waals surface area contributed by atoms with E-state index in [1.54, 1.807) is 32.4 Å². The highest BCUT2D eigenvalue weighted by Crippen LogP contribution is 2.49. The number of esters is 1. The van der Waals surface area contributed by atoms with E-state index in [1.807, 2.05) is 30.3 Å². The fourth-order valence-electron chi connectivity index (χ4n) is 3.16. The number of hydrogen-bond acceptors (Lipinski definition) is 7. The number of rotatable bonds is 7. The van der Waals surface area contributed by atoms with Crippen LogP contribution in [0.1, 0.15) is 24.3 Å². The monoisotopic (exact) mass is 380 g/mol. The SMILES string of the molecule is COc1ccc(-c2noc(COC(=O)C3(c4ccccc4)CC3)n2)c(OC)c1. The molecule has 0 N–H and O–H groups in total. The highest BCUT2D eigenvalue weighted by molar-refractivity contribution is 5.86. The van der Waals surface area contributed by atoms with Crippen molar-refractivity contribution in [1.82, 2.24) is 10.1 Å². The zero-order valence-electron chi connectivity index (χ0n) is 15.7. The summed E-state index contributed by atoms with van der Waals surface area (Å²) < 4.78 is 21.3. The van der Waals surface area contributed by atoms with Crippen molar-refractivity contribution in [2.24, 2.45) is 0 Å². The molecule has 28 heavy (non-hydrogen) atoms. The molecule has 0 aliphatic heterocycles. The molecule has 2 aromatic carbocycles. The molecule has 4 rings (SSSR count). The molecule has 144 valence electrons. The molecule has 1 aromatic heterocycles. The normalized spacial score (nSPS) is 14.4. The van der Waals surface area contributed by atoms with E-state index in [2.05, 4.69) is 10.1 Å². The van der Waals surface area contributed by atoms with Crippen LogP contribution in [0.25, 0.3) is 11.4 Å². The van der Waals surface area contributed by atoms with Gasteiger partial charge in [-0.2, -0.15) is 4.98 Å². The second kappa shape index (κ2) is 7.34. The summed E-state index contributed by atoms with van der Waals surface area (Å²) in [4.78, 5) is 16.9. The van der Waals surface area contributed by atoms with E-state index in [9.17, 15) is 4.79 Å². The third kappa shape index (κ3) is 3.31. The van der Waals surface area contributed by atoms with Gasteiger partial charge in [-0.1, -0.05) is 35.5 Å². The van der Waals surface area contributed by atoms with Crippen molar-refractivity contribution in [3.8, 4) is 22.9 Å². The number of carbonyl (C=O) groups is 1. The van der Waals surface area contributed by atoms with Gasteiger partial charge in [0.2, 0.25) is 5.82 Å². The van der Waals surface area contributed by atoms with Gasteiger partial charge in [0, 0.05) is 6.07 Å². The largest absolute Gasteiger partial charge is 0.497 e. The molecule has 0 radical (unpaired) electrons. The van der Waals surface area contributed by atoms with E-state index in [1.165, 1.54) is 0 Å². The third-order valence-corrected chi connectivity index (χ3v) is 4.91. The Hall–Kier alpha value is -3.35. The number of nitrogens with zero attached hydrogens (tertiary/aromatic N) is 2. The van der Waals surface area contributed by atoms with Crippen LogP contribution < -0.4 is 9.47 Å². The van der Waals surface area contributed by atoms with Gasteiger partial charge in [-0.25, -0.2) is 0 Å². The minimum atomic E-state index is -0.538. The first kappa shape index (κ1) is 18.0. The quantitative estimate of drug-likeness (QED) is 0.580. The first-order chi connectivity index (χ1) is 13.7. The van der Waals surface area contributed by atoms with Crippen molar-refractivity contribution in [1.29, 1.82) is 0 Å². The third-order valence-electron chi connectivity index (χ3n) is 4.91. The van der Waals surface area contributed by atoms with Crippen molar-refractivity contribution >= 4 is 5.97 Å². The Morgan fingerprint density at radius 2 is 1.89 bits per heavy atom. The molecule has 1 saturated carbocycles. The van der Waals surface area contributed by atoms with E-state index < -0.39 is 5.41 Å². The van der Waals surface area contributed by atoms with Crippen molar-refractivity contribution in [2.75, 3.05) is 14.2 Å². The van der Waals surface area contributed by atoms with Crippen molar-refractivity contribution < 1.29 is 23.5 Å². The molecule has 0 bridgehead atoms. The molecule has 0 saturated heterocycles. The minimum Gasteiger partial charge on any atom is -0.497 e. The van der Waals surface area contributed by atoms with Crippen LogP contribution >= 0.6 is 0 Å². The van der Waals surface area contributed by atoms with E-state index in [0.717, 1.165) is 18.4 Å². The molecule has 0 unspecified atom stereocenters. The van der Waals surface area contributed by atoms with Gasteiger partial charge in [0.15, 0.2) is 6.61 Å². The van der Waals surface area contributed by atoms with E-state index >= 15 is 0 Å². The fraction of sp³-hybridized carbons (Fsp3) is 0.286. The van der Waals surface area contributed by atoms with Crippen LogP contribution in [0.5, 0.6) is 11.5 Å². The minimum absolute atomic E-state index is 0.0705. The maximum Gasteiger partial charge on any atom is 0.317 e. The topological polar surface area (TPSA) is 83.7 Å². The molecule has 7 nitrogen and oxygen atoms in total. The van der Waals surface area contributed by atoms with E-state index in [-0.39, 0.29) is 18.5 Å². The second-order valence-corrected chi connectivity index (χ2v) is 6.60. The first-order valence-corrected chi connectivity index (χ1v) is 8.94. The second-order valence-electron chi connectivity index (χ2n) is 6.60. The lowest BCUT2D eigenvalue weighted by atomic mass is 9.96. The summed E-state index contributed by atoms with van der Waals surface area (Å²) >= 11 is 0. The zero-order chi connectivity index (χ0) is 19.6. The van der Waals surface area contributed by atoms with Crippen molar-refractivity contribution in [3.05, 3.63) is 60.0 Å². The number of carbonyl (C=O) groups excluding carboxylic acids is 1.